The van der Waals surface area contributed by atoms with Gasteiger partial charge in [-0.15, -0.1) is 0 Å². The van der Waals surface area contributed by atoms with E-state index in [2.05, 4.69) is 15.1 Å². The Morgan fingerprint density at radius 3 is 2.83 bits per heavy atom. The van der Waals surface area contributed by atoms with Gasteiger partial charge in [0, 0.05) is 9.93 Å². The Morgan fingerprint density at radius 1 is 1.44 bits per heavy atom. The molecule has 2 rings (SSSR count). The highest BCUT2D eigenvalue weighted by Crippen LogP contribution is 2.29. The van der Waals surface area contributed by atoms with Gasteiger partial charge in [-0.25, -0.2) is 4.68 Å². The zero-order valence-electron chi connectivity index (χ0n) is 8.75. The predicted molar refractivity (Wildman–Crippen MR) is 67.1 cm³/mol. The van der Waals surface area contributed by atoms with Crippen LogP contribution in [0.3, 0.4) is 0 Å². The molecule has 0 aliphatic heterocycles. The molecule has 1 aromatic carbocycles. The standard InChI is InChI=1S/C10H4Cl2N6/c11-7-1-2-9(8(12)3-7)18-10(16-17-14)6(4-13)5-15-18/h1-3,5H. The monoisotopic (exact) mass is 278 g/mol. The van der Waals surface area contributed by atoms with Crippen LogP contribution in [-0.2, 0) is 0 Å². The first kappa shape index (κ1) is 12.3. The van der Waals surface area contributed by atoms with E-state index in [0.717, 1.165) is 0 Å². The van der Waals surface area contributed by atoms with Crippen molar-refractivity contribution in [3.63, 3.8) is 0 Å². The first-order valence-corrected chi connectivity index (χ1v) is 5.41. The van der Waals surface area contributed by atoms with Crippen molar-refractivity contribution in [2.45, 2.75) is 0 Å². The van der Waals surface area contributed by atoms with Crippen molar-refractivity contribution < 1.29 is 0 Å². The summed E-state index contributed by atoms with van der Waals surface area (Å²) >= 11 is 11.8. The maximum atomic E-state index is 8.88. The molecule has 0 spiro atoms. The normalized spacial score (nSPS) is 9.61. The minimum atomic E-state index is 0.0872. The number of nitrogens with zero attached hydrogens (tertiary/aromatic N) is 6. The molecule has 8 heteroatoms. The summed E-state index contributed by atoms with van der Waals surface area (Å²) in [6.07, 6.45) is 1.30. The molecule has 0 radical (unpaired) electrons. The van der Waals surface area contributed by atoms with Gasteiger partial charge in [-0.3, -0.25) is 0 Å². The number of azide groups is 1. The molecule has 2 aromatic rings. The topological polar surface area (TPSA) is 90.4 Å². The Bertz CT molecular complexity index is 693. The van der Waals surface area contributed by atoms with Crippen LogP contribution in [0.2, 0.25) is 10.0 Å². The maximum absolute atomic E-state index is 8.88. The molecule has 0 N–H and O–H groups in total. The fourth-order valence-electron chi connectivity index (χ4n) is 1.39. The Kier molecular flexibility index (Phi) is 3.40. The van der Waals surface area contributed by atoms with Gasteiger partial charge in [0.15, 0.2) is 0 Å². The zero-order valence-corrected chi connectivity index (χ0v) is 10.3. The van der Waals surface area contributed by atoms with Crippen LogP contribution in [-0.4, -0.2) is 9.78 Å². The lowest BCUT2D eigenvalue weighted by atomic mass is 10.3. The average molecular weight is 279 g/mol. The van der Waals surface area contributed by atoms with E-state index < -0.39 is 0 Å². The summed E-state index contributed by atoms with van der Waals surface area (Å²) in [5.41, 5.74) is 9.14. The van der Waals surface area contributed by atoms with Crippen molar-refractivity contribution in [3.05, 3.63) is 50.4 Å². The molecule has 0 aliphatic carbocycles. The molecule has 0 aliphatic rings. The molecule has 0 saturated carbocycles. The summed E-state index contributed by atoms with van der Waals surface area (Å²) in [5, 5.41) is 17.1. The number of rotatable bonds is 2. The van der Waals surface area contributed by atoms with E-state index >= 15 is 0 Å². The highest BCUT2D eigenvalue weighted by molar-refractivity contribution is 6.35. The van der Waals surface area contributed by atoms with Crippen LogP contribution < -0.4 is 0 Å². The first-order valence-electron chi connectivity index (χ1n) is 4.66. The molecule has 1 aromatic heterocycles. The van der Waals surface area contributed by atoms with Gasteiger partial charge in [0.05, 0.1) is 16.9 Å². The van der Waals surface area contributed by atoms with Crippen molar-refractivity contribution >= 4 is 29.0 Å². The first-order chi connectivity index (χ1) is 8.67. The third kappa shape index (κ3) is 2.11. The van der Waals surface area contributed by atoms with Crippen molar-refractivity contribution in [2.75, 3.05) is 0 Å². The smallest absolute Gasteiger partial charge is 0.148 e. The van der Waals surface area contributed by atoms with Crippen LogP contribution in [0.4, 0.5) is 5.82 Å². The minimum Gasteiger partial charge on any atom is -0.228 e. The molecule has 88 valence electrons. The SMILES string of the molecule is N#Cc1cnn(-c2ccc(Cl)cc2Cl)c1N=[N+]=[N-]. The molecule has 0 saturated heterocycles. The molecule has 1 heterocycles. The molecule has 18 heavy (non-hydrogen) atoms. The molecular formula is C10H4Cl2N6. The van der Waals surface area contributed by atoms with Crippen LogP contribution in [0.5, 0.6) is 0 Å². The predicted octanol–water partition coefficient (Wildman–Crippen LogP) is 3.99. The summed E-state index contributed by atoms with van der Waals surface area (Å²) in [4.78, 5) is 2.66. The van der Waals surface area contributed by atoms with Crippen molar-refractivity contribution in [2.24, 2.45) is 5.11 Å². The van der Waals surface area contributed by atoms with E-state index in [-0.39, 0.29) is 11.4 Å². The van der Waals surface area contributed by atoms with E-state index in [9.17, 15) is 0 Å². The number of benzene rings is 1. The van der Waals surface area contributed by atoms with Crippen molar-refractivity contribution in [1.29, 1.82) is 5.26 Å². The van der Waals surface area contributed by atoms with E-state index in [1.807, 2.05) is 6.07 Å². The minimum absolute atomic E-state index is 0.0872. The second-order valence-electron chi connectivity index (χ2n) is 3.19. The molecule has 0 unspecified atom stereocenters. The van der Waals surface area contributed by atoms with Crippen molar-refractivity contribution in [1.82, 2.24) is 9.78 Å². The Morgan fingerprint density at radius 2 is 2.22 bits per heavy atom. The number of nitriles is 1. The van der Waals surface area contributed by atoms with Gasteiger partial charge >= 0.3 is 0 Å². The number of hydrogen-bond acceptors (Lipinski definition) is 3. The van der Waals surface area contributed by atoms with Crippen molar-refractivity contribution in [3.8, 4) is 11.8 Å². The molecular weight excluding hydrogens is 275 g/mol. The Balaban J connectivity index is 2.68. The summed E-state index contributed by atoms with van der Waals surface area (Å²) < 4.78 is 1.29. The molecule has 6 nitrogen and oxygen atoms in total. The fourth-order valence-corrected chi connectivity index (χ4v) is 1.88. The molecule has 0 amide bonds. The lowest BCUT2D eigenvalue weighted by Gasteiger charge is -2.06. The number of halogens is 2. The van der Waals surface area contributed by atoms with Crippen LogP contribution in [0, 0.1) is 11.3 Å². The summed E-state index contributed by atoms with van der Waals surface area (Å²) in [6, 6.07) is 6.66. The summed E-state index contributed by atoms with van der Waals surface area (Å²) in [7, 11) is 0. The zero-order chi connectivity index (χ0) is 13.1. The van der Waals surface area contributed by atoms with Gasteiger partial charge in [-0.2, -0.15) is 10.4 Å². The van der Waals surface area contributed by atoms with Gasteiger partial charge in [-0.05, 0) is 28.8 Å². The van der Waals surface area contributed by atoms with E-state index in [1.165, 1.54) is 16.9 Å². The highest BCUT2D eigenvalue weighted by Gasteiger charge is 2.13. The van der Waals surface area contributed by atoms with Gasteiger partial charge in [-0.1, -0.05) is 23.2 Å². The molecule has 0 fully saturated rings. The van der Waals surface area contributed by atoms with Crippen LogP contribution in [0.25, 0.3) is 16.1 Å². The van der Waals surface area contributed by atoms with E-state index in [1.54, 1.807) is 12.1 Å². The van der Waals surface area contributed by atoms with Crippen LogP contribution in [0.1, 0.15) is 5.56 Å². The van der Waals surface area contributed by atoms with Gasteiger partial charge in [0.2, 0.25) is 0 Å². The van der Waals surface area contributed by atoms with Crippen LogP contribution in [0.15, 0.2) is 29.5 Å². The number of hydrogen-bond donors (Lipinski definition) is 0. The van der Waals surface area contributed by atoms with Gasteiger partial charge in [0.1, 0.15) is 17.5 Å². The lowest BCUT2D eigenvalue weighted by molar-refractivity contribution is 0.879. The highest BCUT2D eigenvalue weighted by atomic mass is 35.5. The van der Waals surface area contributed by atoms with Gasteiger partial charge < -0.3 is 0 Å². The summed E-state index contributed by atoms with van der Waals surface area (Å²) in [5.74, 6) is 0.0872. The molecule has 0 atom stereocenters. The third-order valence-corrected chi connectivity index (χ3v) is 2.68. The molecule has 0 bridgehead atoms. The second-order valence-corrected chi connectivity index (χ2v) is 4.03. The fraction of sp³-hybridized carbons (Fsp3) is 0. The second kappa shape index (κ2) is 4.98. The Labute approximate surface area is 112 Å². The number of aromatic nitrogens is 2. The third-order valence-electron chi connectivity index (χ3n) is 2.14. The van der Waals surface area contributed by atoms with E-state index in [0.29, 0.717) is 15.7 Å². The lowest BCUT2D eigenvalue weighted by Crippen LogP contribution is -1.96. The Hall–Kier alpha value is -2.19. The quantitative estimate of drug-likeness (QED) is 0.472. The largest absolute Gasteiger partial charge is 0.228 e. The van der Waals surface area contributed by atoms with Crippen LogP contribution >= 0.6 is 23.2 Å². The summed E-state index contributed by atoms with van der Waals surface area (Å²) in [6.45, 7) is 0. The maximum Gasteiger partial charge on any atom is 0.148 e. The van der Waals surface area contributed by atoms with E-state index in [4.69, 9.17) is 34.0 Å². The van der Waals surface area contributed by atoms with Gasteiger partial charge in [0.25, 0.3) is 0 Å². The average Bonchev–Trinajstić information content (AvgIpc) is 2.73.